The van der Waals surface area contributed by atoms with Gasteiger partial charge in [-0.05, 0) is 57.9 Å². The molecule has 1 N–H and O–H groups in total. The monoisotopic (exact) mass is 477 g/mol. The molecular weight excluding hydrogens is 462 g/mol. The summed E-state index contributed by atoms with van der Waals surface area (Å²) >= 11 is 6.67. The number of hydrogen-bond acceptors (Lipinski definition) is 4. The summed E-state index contributed by atoms with van der Waals surface area (Å²) in [5.41, 5.74) is 0.792. The lowest BCUT2D eigenvalue weighted by Crippen LogP contribution is -2.29. The molecule has 5 nitrogen and oxygen atoms in total. The zero-order chi connectivity index (χ0) is 19.1. The van der Waals surface area contributed by atoms with Crippen molar-refractivity contribution >= 4 is 49.0 Å². The van der Waals surface area contributed by atoms with Gasteiger partial charge < -0.3 is 5.11 Å². The molecule has 0 bridgehead atoms. The standard InChI is InChI=1S/C19H17Br2N3O2/c1-19(2,3)18-23-15-6-5-12(20)9-13(15)17(26)24(18)22-10-11-4-7-16(25)14(21)8-11/h4-10,25H,1-3H3. The van der Waals surface area contributed by atoms with Gasteiger partial charge in [-0.1, -0.05) is 36.7 Å². The van der Waals surface area contributed by atoms with Gasteiger partial charge >= 0.3 is 0 Å². The molecule has 7 heteroatoms. The first kappa shape index (κ1) is 18.8. The summed E-state index contributed by atoms with van der Waals surface area (Å²) < 4.78 is 2.71. The SMILES string of the molecule is CC(C)(C)c1nc2ccc(Br)cc2c(=O)n1N=Cc1ccc(O)c(Br)c1. The predicted molar refractivity (Wildman–Crippen MR) is 111 cm³/mol. The summed E-state index contributed by atoms with van der Waals surface area (Å²) in [6.45, 7) is 5.97. The summed E-state index contributed by atoms with van der Waals surface area (Å²) in [5.74, 6) is 0.721. The van der Waals surface area contributed by atoms with Gasteiger partial charge in [0.25, 0.3) is 5.56 Å². The molecule has 26 heavy (non-hydrogen) atoms. The van der Waals surface area contributed by atoms with E-state index in [1.54, 1.807) is 30.5 Å². The average molecular weight is 479 g/mol. The number of phenolic OH excluding ortho intramolecular Hbond substituents is 1. The van der Waals surface area contributed by atoms with Crippen molar-refractivity contribution in [2.45, 2.75) is 26.2 Å². The lowest BCUT2D eigenvalue weighted by molar-refractivity contribution is 0.472. The molecule has 3 aromatic rings. The van der Waals surface area contributed by atoms with Crippen LogP contribution < -0.4 is 5.56 Å². The Morgan fingerprint density at radius 1 is 1.15 bits per heavy atom. The van der Waals surface area contributed by atoms with Crippen molar-refractivity contribution in [3.63, 3.8) is 0 Å². The van der Waals surface area contributed by atoms with E-state index in [4.69, 9.17) is 0 Å². The van der Waals surface area contributed by atoms with E-state index in [1.807, 2.05) is 32.9 Å². The van der Waals surface area contributed by atoms with E-state index < -0.39 is 0 Å². The molecule has 134 valence electrons. The molecule has 0 radical (unpaired) electrons. The Morgan fingerprint density at radius 2 is 1.88 bits per heavy atom. The number of phenols is 1. The Kier molecular flexibility index (Phi) is 5.03. The van der Waals surface area contributed by atoms with Gasteiger partial charge in [0, 0.05) is 9.89 Å². The Balaban J connectivity index is 2.22. The van der Waals surface area contributed by atoms with Crippen LogP contribution in [-0.4, -0.2) is 21.0 Å². The molecule has 0 saturated carbocycles. The first-order valence-corrected chi connectivity index (χ1v) is 9.51. The number of benzene rings is 2. The van der Waals surface area contributed by atoms with Gasteiger partial charge in [0.1, 0.15) is 11.6 Å². The van der Waals surface area contributed by atoms with E-state index in [2.05, 4.69) is 41.9 Å². The Morgan fingerprint density at radius 3 is 2.54 bits per heavy atom. The van der Waals surface area contributed by atoms with E-state index in [0.29, 0.717) is 21.2 Å². The van der Waals surface area contributed by atoms with Crippen LogP contribution in [0.5, 0.6) is 5.75 Å². The summed E-state index contributed by atoms with van der Waals surface area (Å²) in [7, 11) is 0. The first-order chi connectivity index (χ1) is 12.2. The van der Waals surface area contributed by atoms with Crippen LogP contribution in [-0.2, 0) is 5.41 Å². The highest BCUT2D eigenvalue weighted by Gasteiger charge is 2.22. The fraction of sp³-hybridized carbons (Fsp3) is 0.211. The summed E-state index contributed by atoms with van der Waals surface area (Å²) in [4.78, 5) is 17.7. The number of hydrogen-bond donors (Lipinski definition) is 1. The van der Waals surface area contributed by atoms with Crippen molar-refractivity contribution in [1.29, 1.82) is 0 Å². The molecule has 0 fully saturated rings. The van der Waals surface area contributed by atoms with E-state index in [-0.39, 0.29) is 16.7 Å². The highest BCUT2D eigenvalue weighted by atomic mass is 79.9. The second-order valence-corrected chi connectivity index (χ2v) is 8.69. The van der Waals surface area contributed by atoms with Gasteiger partial charge in [-0.25, -0.2) is 4.98 Å². The van der Waals surface area contributed by atoms with Gasteiger partial charge in [-0.3, -0.25) is 4.79 Å². The smallest absolute Gasteiger partial charge is 0.282 e. The number of rotatable bonds is 2. The van der Waals surface area contributed by atoms with Crippen molar-refractivity contribution < 1.29 is 5.11 Å². The number of aromatic hydroxyl groups is 1. The summed E-state index contributed by atoms with van der Waals surface area (Å²) in [6, 6.07) is 10.4. The molecule has 0 saturated heterocycles. The van der Waals surface area contributed by atoms with E-state index >= 15 is 0 Å². The van der Waals surface area contributed by atoms with E-state index in [1.165, 1.54) is 4.68 Å². The molecule has 0 amide bonds. The Hall–Kier alpha value is -1.99. The van der Waals surface area contributed by atoms with Crippen molar-refractivity contribution in [1.82, 2.24) is 9.66 Å². The maximum atomic E-state index is 13.0. The lowest BCUT2D eigenvalue weighted by Gasteiger charge is -2.20. The molecule has 0 aliphatic rings. The Labute approximate surface area is 167 Å². The predicted octanol–water partition coefficient (Wildman–Crippen LogP) is 4.81. The maximum absolute atomic E-state index is 13.0. The van der Waals surface area contributed by atoms with Crippen molar-refractivity contribution in [3.05, 3.63) is 67.1 Å². The third-order valence-electron chi connectivity index (χ3n) is 3.77. The average Bonchev–Trinajstić information content (AvgIpc) is 2.56. The fourth-order valence-corrected chi connectivity index (χ4v) is 3.23. The minimum atomic E-state index is -0.368. The number of nitrogens with zero attached hydrogens (tertiary/aromatic N) is 3. The van der Waals surface area contributed by atoms with Crippen LogP contribution in [0.15, 0.2) is 55.2 Å². The van der Waals surface area contributed by atoms with Crippen LogP contribution >= 0.6 is 31.9 Å². The van der Waals surface area contributed by atoms with Crippen LogP contribution in [0.2, 0.25) is 0 Å². The second kappa shape index (κ2) is 6.96. The molecule has 2 aromatic carbocycles. The van der Waals surface area contributed by atoms with Gasteiger partial charge in [0.15, 0.2) is 0 Å². The molecule has 0 atom stereocenters. The van der Waals surface area contributed by atoms with Crippen LogP contribution in [0, 0.1) is 0 Å². The van der Waals surface area contributed by atoms with Crippen molar-refractivity contribution in [2.24, 2.45) is 5.10 Å². The third kappa shape index (κ3) is 3.73. The minimum Gasteiger partial charge on any atom is -0.507 e. The highest BCUT2D eigenvalue weighted by molar-refractivity contribution is 9.10. The molecule has 3 rings (SSSR count). The summed E-state index contributed by atoms with van der Waals surface area (Å²) in [6.07, 6.45) is 1.58. The van der Waals surface area contributed by atoms with Crippen LogP contribution in [0.4, 0.5) is 0 Å². The molecule has 1 heterocycles. The first-order valence-electron chi connectivity index (χ1n) is 7.92. The largest absolute Gasteiger partial charge is 0.507 e. The zero-order valence-corrected chi connectivity index (χ0v) is 17.7. The molecule has 0 aliphatic carbocycles. The normalized spacial score (nSPS) is 12.2. The molecule has 0 aliphatic heterocycles. The zero-order valence-electron chi connectivity index (χ0n) is 14.5. The van der Waals surface area contributed by atoms with E-state index in [9.17, 15) is 9.90 Å². The fourth-order valence-electron chi connectivity index (χ4n) is 2.47. The number of aromatic nitrogens is 2. The van der Waals surface area contributed by atoms with Gasteiger partial charge in [-0.2, -0.15) is 9.78 Å². The van der Waals surface area contributed by atoms with E-state index in [0.717, 1.165) is 10.0 Å². The van der Waals surface area contributed by atoms with Crippen LogP contribution in [0.3, 0.4) is 0 Å². The van der Waals surface area contributed by atoms with Gasteiger partial charge in [-0.15, -0.1) is 0 Å². The van der Waals surface area contributed by atoms with Crippen molar-refractivity contribution in [2.75, 3.05) is 0 Å². The molecule has 0 spiro atoms. The highest BCUT2D eigenvalue weighted by Crippen LogP contribution is 2.25. The second-order valence-electron chi connectivity index (χ2n) is 6.92. The topological polar surface area (TPSA) is 67.5 Å². The van der Waals surface area contributed by atoms with Gasteiger partial charge in [0.2, 0.25) is 0 Å². The minimum absolute atomic E-state index is 0.145. The van der Waals surface area contributed by atoms with Crippen molar-refractivity contribution in [3.8, 4) is 5.75 Å². The molecule has 1 aromatic heterocycles. The number of halogens is 2. The lowest BCUT2D eigenvalue weighted by atomic mass is 9.95. The molecule has 0 unspecified atom stereocenters. The Bertz CT molecular complexity index is 1080. The molecular formula is C19H17Br2N3O2. The number of fused-ring (bicyclic) bond motifs is 1. The quantitative estimate of drug-likeness (QED) is 0.537. The van der Waals surface area contributed by atoms with Gasteiger partial charge in [0.05, 0.1) is 21.6 Å². The van der Waals surface area contributed by atoms with Crippen LogP contribution in [0.25, 0.3) is 10.9 Å². The maximum Gasteiger partial charge on any atom is 0.282 e. The summed E-state index contributed by atoms with van der Waals surface area (Å²) in [5, 5.41) is 14.5. The third-order valence-corrected chi connectivity index (χ3v) is 4.90. The van der Waals surface area contributed by atoms with Crippen LogP contribution in [0.1, 0.15) is 32.2 Å².